The molecule has 36 heavy (non-hydrogen) atoms. The molecule has 0 spiro atoms. The molecule has 1 N–H and O–H groups in total. The summed E-state index contributed by atoms with van der Waals surface area (Å²) in [6.45, 7) is 6.52. The number of methoxy groups -OCH3 is 1. The molecule has 0 bridgehead atoms. The van der Waals surface area contributed by atoms with Crippen LogP contribution < -0.4 is 10.1 Å². The van der Waals surface area contributed by atoms with E-state index < -0.39 is 0 Å². The first-order chi connectivity index (χ1) is 17.7. The summed E-state index contributed by atoms with van der Waals surface area (Å²) in [5.74, 6) is 1.75. The maximum Gasteiger partial charge on any atom is 0.187 e. The van der Waals surface area contributed by atoms with Crippen molar-refractivity contribution >= 4 is 11.5 Å². The Morgan fingerprint density at radius 3 is 2.44 bits per heavy atom. The lowest BCUT2D eigenvalue weighted by molar-refractivity contribution is 0.414. The maximum atomic E-state index is 5.77. The molecule has 4 rings (SSSR count). The van der Waals surface area contributed by atoms with Gasteiger partial charge in [-0.2, -0.15) is 0 Å². The van der Waals surface area contributed by atoms with Gasteiger partial charge in [0.25, 0.3) is 0 Å². The van der Waals surface area contributed by atoms with E-state index in [0.29, 0.717) is 29.6 Å². The summed E-state index contributed by atoms with van der Waals surface area (Å²) in [4.78, 5) is 22.5. The van der Waals surface area contributed by atoms with Gasteiger partial charge in [0.1, 0.15) is 5.69 Å². The van der Waals surface area contributed by atoms with Crippen LogP contribution in [-0.4, -0.2) is 39.8 Å². The molecule has 7 heteroatoms. The Bertz CT molecular complexity index is 1300. The second kappa shape index (κ2) is 13.5. The van der Waals surface area contributed by atoms with E-state index in [1.807, 2.05) is 87.7 Å². The second-order valence-corrected chi connectivity index (χ2v) is 7.42. The molecule has 0 aliphatic heterocycles. The molecule has 1 aromatic carbocycles. The van der Waals surface area contributed by atoms with Crippen LogP contribution in [-0.2, 0) is 6.54 Å². The van der Waals surface area contributed by atoms with Crippen LogP contribution in [0.1, 0.15) is 31.9 Å². The third-order valence-corrected chi connectivity index (χ3v) is 5.19. The number of aliphatic imine (C=N–C) groups is 1. The Morgan fingerprint density at radius 2 is 1.78 bits per heavy atom. The van der Waals surface area contributed by atoms with Crippen molar-refractivity contribution in [1.82, 2.24) is 19.9 Å². The topological polar surface area (TPSA) is 85.2 Å². The summed E-state index contributed by atoms with van der Waals surface area (Å²) >= 11 is 0. The number of ether oxygens (including phenoxy) is 1. The van der Waals surface area contributed by atoms with Crippen LogP contribution >= 0.6 is 0 Å². The van der Waals surface area contributed by atoms with Gasteiger partial charge in [-0.05, 0) is 42.8 Å². The van der Waals surface area contributed by atoms with Gasteiger partial charge in [-0.25, -0.2) is 9.97 Å². The average molecular weight is 481 g/mol. The number of anilines is 1. The van der Waals surface area contributed by atoms with Crippen LogP contribution in [0, 0.1) is 0 Å². The summed E-state index contributed by atoms with van der Waals surface area (Å²) in [5.41, 5.74) is 5.38. The van der Waals surface area contributed by atoms with Crippen molar-refractivity contribution in [2.45, 2.75) is 27.3 Å². The van der Waals surface area contributed by atoms with E-state index >= 15 is 0 Å². The normalized spacial score (nSPS) is 11.1. The Morgan fingerprint density at radius 1 is 0.972 bits per heavy atom. The van der Waals surface area contributed by atoms with Crippen molar-refractivity contribution in [2.24, 2.45) is 4.99 Å². The van der Waals surface area contributed by atoms with Gasteiger partial charge < -0.3 is 10.1 Å². The second-order valence-electron chi connectivity index (χ2n) is 7.42. The lowest BCUT2D eigenvalue weighted by Gasteiger charge is -2.16. The zero-order chi connectivity index (χ0) is 25.8. The largest absolute Gasteiger partial charge is 0.491 e. The predicted molar refractivity (Wildman–Crippen MR) is 147 cm³/mol. The third kappa shape index (κ3) is 6.39. The number of nitrogens with one attached hydrogen (secondary N) is 1. The Kier molecular flexibility index (Phi) is 9.82. The molecule has 0 amide bonds. The summed E-state index contributed by atoms with van der Waals surface area (Å²) in [6.07, 6.45) is 11.0. The molecule has 0 saturated carbocycles. The van der Waals surface area contributed by atoms with Gasteiger partial charge in [0.05, 0.1) is 12.8 Å². The SMILES string of the molecule is C/C=C\C(=NC)c1cccc(-c2nc(NCc3cccnc3)c(OC)c(-c3ccncc3)n2)c1.CC. The molecule has 0 fully saturated rings. The van der Waals surface area contributed by atoms with Gasteiger partial charge in [-0.15, -0.1) is 0 Å². The molecule has 0 aliphatic carbocycles. The summed E-state index contributed by atoms with van der Waals surface area (Å²) in [7, 11) is 3.41. The zero-order valence-corrected chi connectivity index (χ0v) is 21.4. The van der Waals surface area contributed by atoms with E-state index in [-0.39, 0.29) is 0 Å². The smallest absolute Gasteiger partial charge is 0.187 e. The third-order valence-electron chi connectivity index (χ3n) is 5.19. The van der Waals surface area contributed by atoms with E-state index in [2.05, 4.69) is 20.3 Å². The van der Waals surface area contributed by atoms with E-state index in [1.165, 1.54) is 0 Å². The molecule has 0 atom stereocenters. The van der Waals surface area contributed by atoms with Gasteiger partial charge in [0.15, 0.2) is 17.4 Å². The highest BCUT2D eigenvalue weighted by molar-refractivity contribution is 6.09. The molecule has 0 radical (unpaired) electrons. The van der Waals surface area contributed by atoms with Crippen molar-refractivity contribution in [2.75, 3.05) is 19.5 Å². The molecule has 3 aromatic heterocycles. The highest BCUT2D eigenvalue weighted by atomic mass is 16.5. The minimum atomic E-state index is 0.546. The monoisotopic (exact) mass is 480 g/mol. The molecule has 3 heterocycles. The number of hydrogen-bond acceptors (Lipinski definition) is 7. The average Bonchev–Trinajstić information content (AvgIpc) is 2.96. The molecule has 4 aromatic rings. The lowest BCUT2D eigenvalue weighted by Crippen LogP contribution is -2.07. The zero-order valence-electron chi connectivity index (χ0n) is 21.4. The lowest BCUT2D eigenvalue weighted by atomic mass is 10.0. The van der Waals surface area contributed by atoms with Crippen molar-refractivity contribution in [3.05, 3.63) is 96.6 Å². The fourth-order valence-electron chi connectivity index (χ4n) is 3.56. The van der Waals surface area contributed by atoms with Gasteiger partial charge in [-0.3, -0.25) is 15.0 Å². The maximum absolute atomic E-state index is 5.77. The standard InChI is InChI=1S/C27H26N6O.C2H6/c1-4-7-23(28-2)21-9-5-10-22(16-21)26-32-24(20-11-14-29-15-12-20)25(34-3)27(33-26)31-18-19-8-6-13-30-17-19;1-2/h4-17H,18H2,1-3H3,(H,31,32,33);1-2H3/b7-4-,28-23?;. The van der Waals surface area contributed by atoms with Crippen molar-refractivity contribution in [3.8, 4) is 28.4 Å². The Balaban J connectivity index is 0.00000176. The van der Waals surface area contributed by atoms with Crippen molar-refractivity contribution in [3.63, 3.8) is 0 Å². The Hall–Kier alpha value is -4.39. The van der Waals surface area contributed by atoms with Crippen LogP contribution in [0.3, 0.4) is 0 Å². The number of nitrogens with zero attached hydrogens (tertiary/aromatic N) is 5. The van der Waals surface area contributed by atoms with Crippen molar-refractivity contribution < 1.29 is 4.74 Å². The molecule has 184 valence electrons. The molecule has 0 aliphatic rings. The minimum Gasteiger partial charge on any atom is -0.491 e. The molecular weight excluding hydrogens is 448 g/mol. The summed E-state index contributed by atoms with van der Waals surface area (Å²) in [6, 6.07) is 15.8. The molecular formula is C29H32N6O. The highest BCUT2D eigenvalue weighted by Crippen LogP contribution is 2.36. The Labute approximate surface area is 213 Å². The van der Waals surface area contributed by atoms with E-state index in [0.717, 1.165) is 28.0 Å². The number of allylic oxidation sites excluding steroid dienone is 2. The number of aromatic nitrogens is 4. The fourth-order valence-corrected chi connectivity index (χ4v) is 3.56. The first kappa shape index (κ1) is 26.2. The van der Waals surface area contributed by atoms with Gasteiger partial charge in [-0.1, -0.05) is 44.2 Å². The van der Waals surface area contributed by atoms with E-state index in [4.69, 9.17) is 14.7 Å². The summed E-state index contributed by atoms with van der Waals surface area (Å²) in [5, 5.41) is 3.40. The number of hydrogen-bond donors (Lipinski definition) is 1. The van der Waals surface area contributed by atoms with Crippen LogP contribution in [0.15, 0.2) is 90.5 Å². The molecule has 0 unspecified atom stereocenters. The van der Waals surface area contributed by atoms with E-state index in [1.54, 1.807) is 32.7 Å². The fraction of sp³-hybridized carbons (Fsp3) is 0.207. The highest BCUT2D eigenvalue weighted by Gasteiger charge is 2.18. The van der Waals surface area contributed by atoms with E-state index in [9.17, 15) is 0 Å². The van der Waals surface area contributed by atoms with Crippen LogP contribution in [0.2, 0.25) is 0 Å². The molecule has 0 saturated heterocycles. The van der Waals surface area contributed by atoms with Gasteiger partial charge in [0, 0.05) is 55.1 Å². The first-order valence-corrected chi connectivity index (χ1v) is 11.9. The number of rotatable bonds is 8. The van der Waals surface area contributed by atoms with Crippen LogP contribution in [0.4, 0.5) is 5.82 Å². The van der Waals surface area contributed by atoms with Gasteiger partial charge in [0.2, 0.25) is 0 Å². The summed E-state index contributed by atoms with van der Waals surface area (Å²) < 4.78 is 5.77. The first-order valence-electron chi connectivity index (χ1n) is 11.9. The van der Waals surface area contributed by atoms with Gasteiger partial charge >= 0.3 is 0 Å². The van der Waals surface area contributed by atoms with Crippen LogP contribution in [0.5, 0.6) is 5.75 Å². The molecule has 7 nitrogen and oxygen atoms in total. The quantitative estimate of drug-likeness (QED) is 0.300. The van der Waals surface area contributed by atoms with Crippen molar-refractivity contribution in [1.29, 1.82) is 0 Å². The van der Waals surface area contributed by atoms with Crippen LogP contribution in [0.25, 0.3) is 22.6 Å². The minimum absolute atomic E-state index is 0.546. The number of pyridine rings is 2. The number of benzene rings is 1. The predicted octanol–water partition coefficient (Wildman–Crippen LogP) is 6.24.